The fourth-order valence-electron chi connectivity index (χ4n) is 0.988. The number of rotatable bonds is 2. The Morgan fingerprint density at radius 1 is 1.64 bits per heavy atom. The summed E-state index contributed by atoms with van der Waals surface area (Å²) >= 11 is 1.49. The summed E-state index contributed by atoms with van der Waals surface area (Å²) < 4.78 is 4.52. The molecular weight excluding hydrogens is 198 g/mol. The minimum Gasteiger partial charge on any atom is -0.474 e. The van der Waals surface area contributed by atoms with Crippen molar-refractivity contribution in [3.05, 3.63) is 39.5 Å². The number of esters is 1. The van der Waals surface area contributed by atoms with Crippen LogP contribution in [-0.4, -0.2) is 13.1 Å². The van der Waals surface area contributed by atoms with Crippen molar-refractivity contribution in [2.75, 3.05) is 7.11 Å². The highest BCUT2D eigenvalue weighted by molar-refractivity contribution is 7.11. The number of ether oxygens (including phenoxy) is 1. The van der Waals surface area contributed by atoms with Gasteiger partial charge in [0.2, 0.25) is 0 Å². The third-order valence-electron chi connectivity index (χ3n) is 1.74. The summed E-state index contributed by atoms with van der Waals surface area (Å²) in [5.74, 6) is -0.578. The molecule has 72 valence electrons. The average Bonchev–Trinajstić information content (AvgIpc) is 2.71. The van der Waals surface area contributed by atoms with Crippen molar-refractivity contribution in [3.63, 3.8) is 0 Å². The molecule has 0 saturated carbocycles. The molecule has 0 unspecified atom stereocenters. The molecule has 0 aliphatic heterocycles. The third kappa shape index (κ3) is 2.01. The molecule has 1 rings (SSSR count). The molecule has 0 N–H and O–H groups in total. The fraction of sp³-hybridized carbons (Fsp3) is 0.200. The highest BCUT2D eigenvalue weighted by atomic mass is 32.1. The highest BCUT2D eigenvalue weighted by Gasteiger charge is 2.14. The minimum absolute atomic E-state index is 0.0509. The third-order valence-corrected chi connectivity index (χ3v) is 2.73. The monoisotopic (exact) mass is 207 g/mol. The molecule has 1 heterocycles. The SMILES string of the molecule is [C-]#[N+]/C(C(=O)OC)=C(/C)c1cccs1. The lowest BCUT2D eigenvalue weighted by atomic mass is 10.2. The zero-order chi connectivity index (χ0) is 10.6. The van der Waals surface area contributed by atoms with Gasteiger partial charge in [0, 0.05) is 4.88 Å². The van der Waals surface area contributed by atoms with Crippen LogP contribution in [0.4, 0.5) is 0 Å². The standard InChI is InChI=1S/C10H9NO2S/c1-7(8-5-4-6-14-8)9(11-2)10(12)13-3/h4-6H,1,3H3/b9-7-. The number of allylic oxidation sites excluding steroid dienone is 1. The molecule has 4 heteroatoms. The first-order valence-electron chi connectivity index (χ1n) is 3.91. The second-order valence-corrected chi connectivity index (χ2v) is 3.50. The van der Waals surface area contributed by atoms with Crippen molar-refractivity contribution < 1.29 is 9.53 Å². The zero-order valence-electron chi connectivity index (χ0n) is 7.90. The molecule has 0 aromatic carbocycles. The van der Waals surface area contributed by atoms with Crippen LogP contribution in [0.2, 0.25) is 0 Å². The quantitative estimate of drug-likeness (QED) is 0.424. The molecule has 3 nitrogen and oxygen atoms in total. The first-order chi connectivity index (χ1) is 6.70. The lowest BCUT2D eigenvalue weighted by molar-refractivity contribution is -0.135. The van der Waals surface area contributed by atoms with E-state index < -0.39 is 5.97 Å². The molecule has 0 fully saturated rings. The van der Waals surface area contributed by atoms with Crippen LogP contribution in [0.1, 0.15) is 11.8 Å². The zero-order valence-corrected chi connectivity index (χ0v) is 8.72. The molecule has 0 aliphatic rings. The number of thiophene rings is 1. The first-order valence-corrected chi connectivity index (χ1v) is 4.79. The van der Waals surface area contributed by atoms with Crippen molar-refractivity contribution in [3.8, 4) is 0 Å². The molecule has 0 amide bonds. The summed E-state index contributed by atoms with van der Waals surface area (Å²) in [7, 11) is 1.27. The van der Waals surface area contributed by atoms with E-state index in [9.17, 15) is 4.79 Å². The van der Waals surface area contributed by atoms with Gasteiger partial charge in [-0.15, -0.1) is 11.3 Å². The van der Waals surface area contributed by atoms with Crippen LogP contribution < -0.4 is 0 Å². The first kappa shape index (κ1) is 10.5. The van der Waals surface area contributed by atoms with E-state index in [2.05, 4.69) is 9.58 Å². The summed E-state index contributed by atoms with van der Waals surface area (Å²) in [5, 5.41) is 1.90. The molecule has 14 heavy (non-hydrogen) atoms. The van der Waals surface area contributed by atoms with E-state index in [4.69, 9.17) is 6.57 Å². The minimum atomic E-state index is -0.578. The van der Waals surface area contributed by atoms with Crippen LogP contribution in [0.25, 0.3) is 10.4 Å². The van der Waals surface area contributed by atoms with Gasteiger partial charge in [-0.1, -0.05) is 6.07 Å². The largest absolute Gasteiger partial charge is 0.474 e. The maximum absolute atomic E-state index is 11.2. The van der Waals surface area contributed by atoms with Gasteiger partial charge in [0.15, 0.2) is 0 Å². The summed E-state index contributed by atoms with van der Waals surface area (Å²) in [6, 6.07) is 3.75. The van der Waals surface area contributed by atoms with Gasteiger partial charge < -0.3 is 4.74 Å². The Labute approximate surface area is 86.4 Å². The number of methoxy groups -OCH3 is 1. The van der Waals surface area contributed by atoms with Crippen LogP contribution in [-0.2, 0) is 9.53 Å². The summed E-state index contributed by atoms with van der Waals surface area (Å²) in [6.07, 6.45) is 0. The molecule has 0 radical (unpaired) electrons. The molecule has 0 bridgehead atoms. The predicted molar refractivity (Wildman–Crippen MR) is 55.5 cm³/mol. The predicted octanol–water partition coefficient (Wildman–Crippen LogP) is 2.57. The maximum Gasteiger partial charge on any atom is 0.336 e. The smallest absolute Gasteiger partial charge is 0.336 e. The second-order valence-electron chi connectivity index (χ2n) is 2.55. The number of nitrogens with zero attached hydrogens (tertiary/aromatic N) is 1. The summed E-state index contributed by atoms with van der Waals surface area (Å²) in [5.41, 5.74) is 0.719. The van der Waals surface area contributed by atoms with Gasteiger partial charge in [-0.05, 0) is 23.9 Å². The van der Waals surface area contributed by atoms with Crippen LogP contribution in [0.3, 0.4) is 0 Å². The number of carbonyl (C=O) groups excluding carboxylic acids is 1. The molecule has 0 atom stereocenters. The van der Waals surface area contributed by atoms with Crippen molar-refractivity contribution in [1.82, 2.24) is 0 Å². The van der Waals surface area contributed by atoms with E-state index >= 15 is 0 Å². The van der Waals surface area contributed by atoms with Crippen LogP contribution in [0.5, 0.6) is 0 Å². The van der Waals surface area contributed by atoms with Gasteiger partial charge in [0.1, 0.15) is 0 Å². The second kappa shape index (κ2) is 4.58. The van der Waals surface area contributed by atoms with E-state index in [1.54, 1.807) is 6.92 Å². The topological polar surface area (TPSA) is 30.7 Å². The Kier molecular flexibility index (Phi) is 3.43. The van der Waals surface area contributed by atoms with Gasteiger partial charge in [-0.25, -0.2) is 4.85 Å². The average molecular weight is 207 g/mol. The van der Waals surface area contributed by atoms with Gasteiger partial charge in [-0.2, -0.15) is 0 Å². The van der Waals surface area contributed by atoms with Crippen molar-refractivity contribution >= 4 is 22.9 Å². The summed E-state index contributed by atoms with van der Waals surface area (Å²) in [4.78, 5) is 15.3. The molecule has 1 aromatic rings. The van der Waals surface area contributed by atoms with Crippen LogP contribution >= 0.6 is 11.3 Å². The van der Waals surface area contributed by atoms with E-state index in [-0.39, 0.29) is 5.70 Å². The van der Waals surface area contributed by atoms with Gasteiger partial charge in [0.25, 0.3) is 5.70 Å². The molecule has 0 spiro atoms. The lowest BCUT2D eigenvalue weighted by Gasteiger charge is -2.00. The number of hydrogen-bond acceptors (Lipinski definition) is 3. The maximum atomic E-state index is 11.2. The Hall–Kier alpha value is -1.60. The Morgan fingerprint density at radius 3 is 2.79 bits per heavy atom. The molecular formula is C10H9NO2S. The Bertz CT molecular complexity index is 398. The highest BCUT2D eigenvalue weighted by Crippen LogP contribution is 2.24. The van der Waals surface area contributed by atoms with Crippen molar-refractivity contribution in [2.24, 2.45) is 0 Å². The van der Waals surface area contributed by atoms with Gasteiger partial charge in [0.05, 0.1) is 13.7 Å². The number of hydrogen-bond donors (Lipinski definition) is 0. The van der Waals surface area contributed by atoms with Crippen LogP contribution in [0, 0.1) is 6.57 Å². The van der Waals surface area contributed by atoms with Crippen molar-refractivity contribution in [1.29, 1.82) is 0 Å². The van der Waals surface area contributed by atoms with E-state index in [0.717, 1.165) is 4.88 Å². The lowest BCUT2D eigenvalue weighted by Crippen LogP contribution is -2.03. The van der Waals surface area contributed by atoms with E-state index in [1.807, 2.05) is 17.5 Å². The van der Waals surface area contributed by atoms with Gasteiger partial charge in [-0.3, -0.25) is 4.79 Å². The molecule has 0 saturated heterocycles. The Balaban J connectivity index is 3.15. The Morgan fingerprint density at radius 2 is 2.36 bits per heavy atom. The van der Waals surface area contributed by atoms with E-state index in [0.29, 0.717) is 5.57 Å². The number of carbonyl (C=O) groups is 1. The normalized spacial score (nSPS) is 11.5. The van der Waals surface area contributed by atoms with Gasteiger partial charge >= 0.3 is 5.97 Å². The molecule has 1 aromatic heterocycles. The molecule has 0 aliphatic carbocycles. The van der Waals surface area contributed by atoms with Crippen LogP contribution in [0.15, 0.2) is 23.2 Å². The van der Waals surface area contributed by atoms with E-state index in [1.165, 1.54) is 18.4 Å². The summed E-state index contributed by atoms with van der Waals surface area (Å²) in [6.45, 7) is 8.64. The van der Waals surface area contributed by atoms with Crippen molar-refractivity contribution in [2.45, 2.75) is 6.92 Å². The fourth-order valence-corrected chi connectivity index (χ4v) is 1.72.